The Morgan fingerprint density at radius 3 is 2.48 bits per heavy atom. The highest BCUT2D eigenvalue weighted by Crippen LogP contribution is 2.37. The fourth-order valence-corrected chi connectivity index (χ4v) is 4.09. The number of hydrogen-bond donors (Lipinski definition) is 1. The first-order valence-electron chi connectivity index (χ1n) is 9.16. The van der Waals surface area contributed by atoms with Gasteiger partial charge in [0.05, 0.1) is 6.61 Å². The van der Waals surface area contributed by atoms with Crippen molar-refractivity contribution < 1.29 is 14.3 Å². The summed E-state index contributed by atoms with van der Waals surface area (Å²) in [6.07, 6.45) is 1.46. The summed E-state index contributed by atoms with van der Waals surface area (Å²) < 4.78 is 6.11. The molecule has 0 radical (unpaired) electrons. The van der Waals surface area contributed by atoms with E-state index in [1.165, 1.54) is 17.4 Å². The summed E-state index contributed by atoms with van der Waals surface area (Å²) in [5.41, 5.74) is 2.26. The molecule has 1 amide bonds. The monoisotopic (exact) mass is 514 g/mol. The first-order valence-corrected chi connectivity index (χ1v) is 11.2. The second-order valence-electron chi connectivity index (χ2n) is 6.26. The Hall–Kier alpha value is -2.92. The third-order valence-electron chi connectivity index (χ3n) is 4.20. The van der Waals surface area contributed by atoms with Crippen LogP contribution in [0.5, 0.6) is 0 Å². The molecule has 3 rings (SSSR count). The van der Waals surface area contributed by atoms with Gasteiger partial charge < -0.3 is 10.1 Å². The predicted molar refractivity (Wildman–Crippen MR) is 127 cm³/mol. The molecule has 8 heteroatoms. The summed E-state index contributed by atoms with van der Waals surface area (Å²) in [5, 5.41) is 14.8. The summed E-state index contributed by atoms with van der Waals surface area (Å²) in [7, 11) is 0. The van der Waals surface area contributed by atoms with E-state index in [4.69, 9.17) is 16.3 Å². The molecule has 31 heavy (non-hydrogen) atoms. The molecule has 0 aliphatic rings. The van der Waals surface area contributed by atoms with Gasteiger partial charge in [-0.25, -0.2) is 4.79 Å². The van der Waals surface area contributed by atoms with Crippen molar-refractivity contribution in [2.24, 2.45) is 0 Å². The first-order chi connectivity index (χ1) is 14.9. The molecule has 2 aromatic carbocycles. The van der Waals surface area contributed by atoms with Gasteiger partial charge in [0.2, 0.25) is 0 Å². The molecule has 3 aromatic rings. The minimum absolute atomic E-state index is 0.101. The summed E-state index contributed by atoms with van der Waals surface area (Å²) in [6, 6.07) is 16.1. The zero-order chi connectivity index (χ0) is 22.4. The van der Waals surface area contributed by atoms with E-state index < -0.39 is 11.9 Å². The van der Waals surface area contributed by atoms with E-state index in [-0.39, 0.29) is 17.7 Å². The third-order valence-corrected chi connectivity index (χ3v) is 5.88. The number of nitrogens with one attached hydrogen (secondary N) is 1. The van der Waals surface area contributed by atoms with Crippen LogP contribution in [0.4, 0.5) is 5.00 Å². The highest BCUT2D eigenvalue weighted by Gasteiger charge is 2.23. The number of benzene rings is 2. The van der Waals surface area contributed by atoms with Gasteiger partial charge in [-0.3, -0.25) is 4.79 Å². The van der Waals surface area contributed by atoms with Gasteiger partial charge in [0.15, 0.2) is 0 Å². The summed E-state index contributed by atoms with van der Waals surface area (Å²) in [6.45, 7) is 1.91. The van der Waals surface area contributed by atoms with Crippen LogP contribution in [0.15, 0.2) is 64.0 Å². The van der Waals surface area contributed by atoms with Gasteiger partial charge in [0.25, 0.3) is 5.91 Å². The quantitative estimate of drug-likeness (QED) is 0.229. The topological polar surface area (TPSA) is 79.2 Å². The number of amides is 1. The lowest BCUT2D eigenvalue weighted by Gasteiger charge is -2.09. The lowest BCUT2D eigenvalue weighted by atomic mass is 10.0. The van der Waals surface area contributed by atoms with Crippen molar-refractivity contribution in [2.75, 3.05) is 11.9 Å². The van der Waals surface area contributed by atoms with Crippen LogP contribution >= 0.6 is 38.9 Å². The summed E-state index contributed by atoms with van der Waals surface area (Å²) in [4.78, 5) is 25.4. The molecule has 0 unspecified atom stereocenters. The van der Waals surface area contributed by atoms with Crippen molar-refractivity contribution in [2.45, 2.75) is 6.92 Å². The molecule has 0 aliphatic heterocycles. The number of anilines is 1. The van der Waals surface area contributed by atoms with Crippen LogP contribution in [-0.2, 0) is 9.53 Å². The van der Waals surface area contributed by atoms with Crippen LogP contribution in [0.2, 0.25) is 5.02 Å². The summed E-state index contributed by atoms with van der Waals surface area (Å²) >= 11 is 10.5. The molecule has 0 atom stereocenters. The van der Waals surface area contributed by atoms with Gasteiger partial charge >= 0.3 is 5.97 Å². The number of nitriles is 1. The number of esters is 1. The number of hydrogen-bond acceptors (Lipinski definition) is 5. The average molecular weight is 516 g/mol. The number of carbonyl (C=O) groups is 2. The first kappa shape index (κ1) is 22.8. The van der Waals surface area contributed by atoms with Gasteiger partial charge in [0, 0.05) is 20.4 Å². The Kier molecular flexibility index (Phi) is 7.64. The van der Waals surface area contributed by atoms with Gasteiger partial charge in [-0.15, -0.1) is 11.3 Å². The Labute approximate surface area is 197 Å². The molecule has 0 saturated carbocycles. The largest absolute Gasteiger partial charge is 0.462 e. The Morgan fingerprint density at radius 1 is 1.19 bits per heavy atom. The predicted octanol–water partition coefficient (Wildman–Crippen LogP) is 6.55. The fraction of sp³-hybridized carbons (Fsp3) is 0.0870. The zero-order valence-corrected chi connectivity index (χ0v) is 19.5. The molecule has 0 bridgehead atoms. The fourth-order valence-electron chi connectivity index (χ4n) is 2.74. The van der Waals surface area contributed by atoms with E-state index in [2.05, 4.69) is 21.2 Å². The molecule has 1 heterocycles. The molecule has 5 nitrogen and oxygen atoms in total. The minimum atomic E-state index is -0.618. The maximum absolute atomic E-state index is 12.8. The molecule has 0 aliphatic carbocycles. The minimum Gasteiger partial charge on any atom is -0.462 e. The van der Waals surface area contributed by atoms with E-state index in [1.54, 1.807) is 36.6 Å². The summed E-state index contributed by atoms with van der Waals surface area (Å²) in [5.74, 6) is -1.16. The van der Waals surface area contributed by atoms with Crippen LogP contribution in [0.3, 0.4) is 0 Å². The maximum Gasteiger partial charge on any atom is 0.341 e. The Bertz CT molecular complexity index is 1180. The third kappa shape index (κ3) is 5.61. The van der Waals surface area contributed by atoms with Crippen molar-refractivity contribution >= 4 is 61.8 Å². The highest BCUT2D eigenvalue weighted by atomic mass is 79.9. The van der Waals surface area contributed by atoms with Crippen LogP contribution < -0.4 is 5.32 Å². The molecular weight excluding hydrogens is 500 g/mol. The van der Waals surface area contributed by atoms with Crippen molar-refractivity contribution in [1.29, 1.82) is 5.26 Å². The van der Waals surface area contributed by atoms with Gasteiger partial charge in [-0.2, -0.15) is 5.26 Å². The number of carbonyl (C=O) groups excluding carboxylic acids is 2. The van der Waals surface area contributed by atoms with Crippen LogP contribution in [-0.4, -0.2) is 18.5 Å². The van der Waals surface area contributed by atoms with Gasteiger partial charge in [-0.05, 0) is 48.4 Å². The second kappa shape index (κ2) is 10.4. The maximum atomic E-state index is 12.8. The zero-order valence-electron chi connectivity index (χ0n) is 16.3. The van der Waals surface area contributed by atoms with E-state index in [1.807, 2.05) is 30.3 Å². The number of halogens is 2. The number of ether oxygens (including phenoxy) is 1. The molecule has 0 saturated heterocycles. The molecule has 1 aromatic heterocycles. The van der Waals surface area contributed by atoms with Crippen LogP contribution in [0.1, 0.15) is 22.8 Å². The van der Waals surface area contributed by atoms with E-state index in [0.29, 0.717) is 21.2 Å². The molecule has 1 N–H and O–H groups in total. The smallest absolute Gasteiger partial charge is 0.341 e. The van der Waals surface area contributed by atoms with Crippen molar-refractivity contribution in [1.82, 2.24) is 0 Å². The van der Waals surface area contributed by atoms with Gasteiger partial charge in [-0.1, -0.05) is 51.8 Å². The van der Waals surface area contributed by atoms with Crippen molar-refractivity contribution in [3.05, 3.63) is 80.1 Å². The van der Waals surface area contributed by atoms with Gasteiger partial charge in [0.1, 0.15) is 22.2 Å². The number of nitrogens with zero attached hydrogens (tertiary/aromatic N) is 1. The molecular formula is C23H16BrClN2O3S. The average Bonchev–Trinajstić information content (AvgIpc) is 3.17. The lowest BCUT2D eigenvalue weighted by molar-refractivity contribution is -0.112. The normalized spacial score (nSPS) is 11.0. The van der Waals surface area contributed by atoms with Crippen molar-refractivity contribution in [3.63, 3.8) is 0 Å². The highest BCUT2D eigenvalue weighted by molar-refractivity contribution is 9.10. The van der Waals surface area contributed by atoms with Crippen LogP contribution in [0.25, 0.3) is 17.2 Å². The Balaban J connectivity index is 1.95. The SMILES string of the molecule is CCOC(=O)c1c(-c2ccc(Br)cc2)csc1NC(=O)/C(C#N)=C/c1ccc(Cl)cc1. The van der Waals surface area contributed by atoms with Crippen molar-refractivity contribution in [3.8, 4) is 17.2 Å². The van der Waals surface area contributed by atoms with E-state index in [9.17, 15) is 14.9 Å². The molecule has 0 spiro atoms. The number of thiophene rings is 1. The Morgan fingerprint density at radius 2 is 1.87 bits per heavy atom. The van der Waals surface area contributed by atoms with Crippen LogP contribution in [0, 0.1) is 11.3 Å². The molecule has 0 fully saturated rings. The lowest BCUT2D eigenvalue weighted by Crippen LogP contribution is -2.16. The van der Waals surface area contributed by atoms with E-state index in [0.717, 1.165) is 10.0 Å². The standard InChI is InChI=1S/C23H16BrClN2O3S/c1-2-30-23(29)20-19(15-5-7-17(24)8-6-15)13-31-22(20)27-21(28)16(12-26)11-14-3-9-18(25)10-4-14/h3-11,13H,2H2,1H3,(H,27,28)/b16-11+. The number of rotatable bonds is 6. The van der Waals surface area contributed by atoms with E-state index >= 15 is 0 Å². The second-order valence-corrected chi connectivity index (χ2v) is 8.49. The molecule has 156 valence electrons.